The number of methoxy groups -OCH3 is 1. The molecule has 3 atom stereocenters. The van der Waals surface area contributed by atoms with Gasteiger partial charge in [0.2, 0.25) is 0 Å². The number of benzene rings is 1. The quantitative estimate of drug-likeness (QED) is 0.433. The summed E-state index contributed by atoms with van der Waals surface area (Å²) in [4.78, 5) is 11.2. The fourth-order valence-electron chi connectivity index (χ4n) is 4.75. The third-order valence-corrected chi connectivity index (χ3v) is 7.58. The fraction of sp³-hybridized carbons (Fsp3) is 0.462. The van der Waals surface area contributed by atoms with Gasteiger partial charge in [-0.25, -0.2) is 4.98 Å². The number of fused-ring (bicyclic) bond motifs is 1. The van der Waals surface area contributed by atoms with Crippen molar-refractivity contribution in [2.24, 2.45) is 11.8 Å². The van der Waals surface area contributed by atoms with Crippen LogP contribution in [0.25, 0.3) is 10.9 Å². The summed E-state index contributed by atoms with van der Waals surface area (Å²) in [5, 5.41) is 23.0. The van der Waals surface area contributed by atoms with Crippen LogP contribution in [0.2, 0.25) is 0 Å². The van der Waals surface area contributed by atoms with Gasteiger partial charge in [0.25, 0.3) is 0 Å². The number of ether oxygens (including phenoxy) is 1. The summed E-state index contributed by atoms with van der Waals surface area (Å²) in [5.41, 5.74) is 1.75. The zero-order valence-corrected chi connectivity index (χ0v) is 20.0. The molecule has 0 bridgehead atoms. The molecular weight excluding hydrogens is 434 g/mol. The molecule has 0 aliphatic carbocycles. The van der Waals surface area contributed by atoms with E-state index in [0.29, 0.717) is 12.3 Å². The van der Waals surface area contributed by atoms with Crippen molar-refractivity contribution in [1.82, 2.24) is 14.9 Å². The van der Waals surface area contributed by atoms with Crippen molar-refractivity contribution in [2.75, 3.05) is 39.1 Å². The van der Waals surface area contributed by atoms with Crippen LogP contribution >= 0.6 is 11.8 Å². The monoisotopic (exact) mass is 467 g/mol. The van der Waals surface area contributed by atoms with E-state index < -0.39 is 6.10 Å². The van der Waals surface area contributed by atoms with Gasteiger partial charge in [0.15, 0.2) is 0 Å². The maximum Gasteiger partial charge on any atom is 0.119 e. The molecule has 2 aromatic heterocycles. The van der Waals surface area contributed by atoms with Crippen LogP contribution in [-0.2, 0) is 0 Å². The second-order valence-corrected chi connectivity index (χ2v) is 9.80. The van der Waals surface area contributed by atoms with E-state index in [2.05, 4.69) is 14.9 Å². The Morgan fingerprint density at radius 2 is 2.06 bits per heavy atom. The van der Waals surface area contributed by atoms with Gasteiger partial charge in [-0.15, -0.1) is 11.8 Å². The van der Waals surface area contributed by atoms with Crippen molar-refractivity contribution < 1.29 is 14.9 Å². The van der Waals surface area contributed by atoms with E-state index >= 15 is 0 Å². The Hall–Kier alpha value is -2.19. The van der Waals surface area contributed by atoms with Crippen LogP contribution in [0, 0.1) is 11.8 Å². The molecule has 176 valence electrons. The lowest BCUT2D eigenvalue weighted by atomic mass is 9.81. The van der Waals surface area contributed by atoms with Gasteiger partial charge in [0.05, 0.1) is 23.8 Å². The minimum absolute atomic E-state index is 0.194. The van der Waals surface area contributed by atoms with E-state index in [1.807, 2.05) is 48.7 Å². The highest BCUT2D eigenvalue weighted by atomic mass is 32.2. The van der Waals surface area contributed by atoms with Crippen LogP contribution in [0.5, 0.6) is 5.75 Å². The van der Waals surface area contributed by atoms with E-state index in [1.54, 1.807) is 25.1 Å². The first-order chi connectivity index (χ1) is 16.2. The van der Waals surface area contributed by atoms with Gasteiger partial charge in [0.1, 0.15) is 5.75 Å². The summed E-state index contributed by atoms with van der Waals surface area (Å²) in [6.45, 7) is 3.14. The summed E-state index contributed by atoms with van der Waals surface area (Å²) in [6.07, 6.45) is 5.65. The van der Waals surface area contributed by atoms with Crippen molar-refractivity contribution in [2.45, 2.75) is 30.4 Å². The molecular formula is C26H33N3O3S. The molecule has 7 heteroatoms. The third kappa shape index (κ3) is 6.23. The highest BCUT2D eigenvalue weighted by Gasteiger charge is 2.29. The third-order valence-electron chi connectivity index (χ3n) is 6.66. The highest BCUT2D eigenvalue weighted by Crippen LogP contribution is 2.33. The van der Waals surface area contributed by atoms with E-state index in [4.69, 9.17) is 4.74 Å². The molecule has 3 aromatic rings. The van der Waals surface area contributed by atoms with Crippen LogP contribution in [0.4, 0.5) is 0 Å². The smallest absolute Gasteiger partial charge is 0.119 e. The average molecular weight is 468 g/mol. The number of aromatic nitrogens is 2. The summed E-state index contributed by atoms with van der Waals surface area (Å²) >= 11 is 1.78. The van der Waals surface area contributed by atoms with Crippen LogP contribution in [0.3, 0.4) is 0 Å². The maximum atomic E-state index is 11.0. The minimum atomic E-state index is -0.560. The lowest BCUT2D eigenvalue weighted by molar-refractivity contribution is 0.0608. The van der Waals surface area contributed by atoms with Crippen molar-refractivity contribution in [3.05, 3.63) is 60.4 Å². The normalized spacial score (nSPS) is 20.1. The summed E-state index contributed by atoms with van der Waals surface area (Å²) < 4.78 is 5.36. The number of hydrogen-bond acceptors (Lipinski definition) is 7. The first-order valence-electron chi connectivity index (χ1n) is 11.7. The molecule has 1 aliphatic heterocycles. The molecule has 0 radical (unpaired) electrons. The Labute approximate surface area is 200 Å². The van der Waals surface area contributed by atoms with E-state index in [0.717, 1.165) is 65.5 Å². The SMILES string of the molecule is COc1ccc2nccc([C@H](O)CC[C@@H]3CCN(CCSc4ccccn4)C[C@@H]3CO)c2c1. The first kappa shape index (κ1) is 24.0. The standard InChI is InChI=1S/C26H33N3O3S/c1-32-21-6-7-24-23(16-21)22(9-12-27-24)25(31)8-5-19-10-13-29(17-20(19)18-30)14-15-33-26-4-2-3-11-28-26/h2-4,6-7,9,11-12,16,19-20,25,30-31H,5,8,10,13-15,17-18H2,1H3/t19-,20-,25-/m1/s1. The predicted octanol–water partition coefficient (Wildman–Crippen LogP) is 4.17. The topological polar surface area (TPSA) is 78.7 Å². The van der Waals surface area contributed by atoms with E-state index in [1.165, 1.54) is 0 Å². The van der Waals surface area contributed by atoms with Crippen molar-refractivity contribution in [3.8, 4) is 5.75 Å². The number of likely N-dealkylation sites (tertiary alicyclic amines) is 1. The summed E-state index contributed by atoms with van der Waals surface area (Å²) in [6, 6.07) is 13.7. The number of piperidine rings is 1. The van der Waals surface area contributed by atoms with Crippen LogP contribution in [0.1, 0.15) is 30.9 Å². The molecule has 0 saturated carbocycles. The van der Waals surface area contributed by atoms with Gasteiger partial charge in [-0.1, -0.05) is 6.07 Å². The molecule has 1 aliphatic rings. The number of thioether (sulfide) groups is 1. The number of hydrogen-bond donors (Lipinski definition) is 2. The molecule has 2 N–H and O–H groups in total. The Balaban J connectivity index is 1.30. The zero-order chi connectivity index (χ0) is 23.0. The van der Waals surface area contributed by atoms with Gasteiger partial charge in [-0.3, -0.25) is 4.98 Å². The largest absolute Gasteiger partial charge is 0.497 e. The first-order valence-corrected chi connectivity index (χ1v) is 12.6. The lowest BCUT2D eigenvalue weighted by Gasteiger charge is -2.38. The van der Waals surface area contributed by atoms with Gasteiger partial charge in [-0.05, 0) is 79.6 Å². The Bertz CT molecular complexity index is 1020. The van der Waals surface area contributed by atoms with Gasteiger partial charge < -0.3 is 19.8 Å². The second-order valence-electron chi connectivity index (χ2n) is 8.68. The van der Waals surface area contributed by atoms with Gasteiger partial charge in [-0.2, -0.15) is 0 Å². The van der Waals surface area contributed by atoms with Gasteiger partial charge >= 0.3 is 0 Å². The molecule has 4 rings (SSSR count). The van der Waals surface area contributed by atoms with E-state index in [-0.39, 0.29) is 12.5 Å². The Morgan fingerprint density at radius 1 is 1.15 bits per heavy atom. The minimum Gasteiger partial charge on any atom is -0.497 e. The van der Waals surface area contributed by atoms with E-state index in [9.17, 15) is 10.2 Å². The van der Waals surface area contributed by atoms with Crippen LogP contribution < -0.4 is 4.74 Å². The van der Waals surface area contributed by atoms with Gasteiger partial charge in [0, 0.05) is 43.2 Å². The number of pyridine rings is 2. The highest BCUT2D eigenvalue weighted by molar-refractivity contribution is 7.99. The number of aliphatic hydroxyl groups is 2. The van der Waals surface area contributed by atoms with Crippen molar-refractivity contribution >= 4 is 22.7 Å². The zero-order valence-electron chi connectivity index (χ0n) is 19.1. The molecule has 0 amide bonds. The number of nitrogens with zero attached hydrogens (tertiary/aromatic N) is 3. The van der Waals surface area contributed by atoms with Crippen LogP contribution in [-0.4, -0.2) is 64.2 Å². The molecule has 1 aromatic carbocycles. The molecule has 33 heavy (non-hydrogen) atoms. The molecule has 1 fully saturated rings. The molecule has 6 nitrogen and oxygen atoms in total. The van der Waals surface area contributed by atoms with Crippen molar-refractivity contribution in [1.29, 1.82) is 0 Å². The lowest BCUT2D eigenvalue weighted by Crippen LogP contribution is -2.43. The molecule has 3 heterocycles. The van der Waals surface area contributed by atoms with Crippen molar-refractivity contribution in [3.63, 3.8) is 0 Å². The summed E-state index contributed by atoms with van der Waals surface area (Å²) in [7, 11) is 1.65. The Morgan fingerprint density at radius 3 is 2.85 bits per heavy atom. The number of rotatable bonds is 10. The second kappa shape index (κ2) is 11.8. The Kier molecular flexibility index (Phi) is 8.56. The maximum absolute atomic E-state index is 11.0. The average Bonchev–Trinajstić information content (AvgIpc) is 2.87. The fourth-order valence-corrected chi connectivity index (χ4v) is 5.62. The molecule has 1 saturated heterocycles. The number of aliphatic hydroxyl groups excluding tert-OH is 2. The summed E-state index contributed by atoms with van der Waals surface area (Å²) in [5.74, 6) is 2.43. The molecule has 0 spiro atoms. The molecule has 0 unspecified atom stereocenters. The predicted molar refractivity (Wildman–Crippen MR) is 133 cm³/mol. The van der Waals surface area contributed by atoms with Crippen LogP contribution in [0.15, 0.2) is 59.9 Å².